The van der Waals surface area contributed by atoms with Crippen molar-refractivity contribution in [2.75, 3.05) is 12.3 Å². The van der Waals surface area contributed by atoms with Crippen molar-refractivity contribution in [2.45, 2.75) is 13.5 Å². The van der Waals surface area contributed by atoms with E-state index in [2.05, 4.69) is 17.0 Å². The quantitative estimate of drug-likeness (QED) is 0.807. The molecule has 1 amide bonds. The molecule has 5 nitrogen and oxygen atoms in total. The predicted octanol–water partition coefficient (Wildman–Crippen LogP) is 0.967. The molecule has 0 aliphatic carbocycles. The summed E-state index contributed by atoms with van der Waals surface area (Å²) < 4.78 is 1.53. The van der Waals surface area contributed by atoms with Crippen molar-refractivity contribution >= 4 is 23.2 Å². The Kier molecular flexibility index (Phi) is 3.74. The molecule has 1 rings (SSSR count). The molecule has 0 bridgehead atoms. The summed E-state index contributed by atoms with van der Waals surface area (Å²) in [6.45, 7) is 6.15. The van der Waals surface area contributed by atoms with E-state index in [0.29, 0.717) is 23.0 Å². The van der Waals surface area contributed by atoms with Crippen LogP contribution >= 0.6 is 11.6 Å². The van der Waals surface area contributed by atoms with Crippen molar-refractivity contribution in [3.8, 4) is 0 Å². The van der Waals surface area contributed by atoms with E-state index in [-0.39, 0.29) is 12.5 Å². The first kappa shape index (κ1) is 11.6. The number of nitrogens with two attached hydrogens (primary N) is 1. The average Bonchev–Trinajstić information content (AvgIpc) is 2.56. The Labute approximate surface area is 92.9 Å². The number of anilines is 1. The maximum absolute atomic E-state index is 11.7. The topological polar surface area (TPSA) is 72.9 Å². The van der Waals surface area contributed by atoms with Gasteiger partial charge in [-0.2, -0.15) is 5.10 Å². The first-order valence-corrected chi connectivity index (χ1v) is 4.86. The maximum atomic E-state index is 11.7. The second-order valence-electron chi connectivity index (χ2n) is 2.96. The van der Waals surface area contributed by atoms with E-state index >= 15 is 0 Å². The van der Waals surface area contributed by atoms with Crippen molar-refractivity contribution in [2.24, 2.45) is 0 Å². The zero-order chi connectivity index (χ0) is 11.4. The fraction of sp³-hybridized carbons (Fsp3) is 0.333. The number of hydrogen-bond acceptors (Lipinski definition) is 3. The molecule has 6 heteroatoms. The summed E-state index contributed by atoms with van der Waals surface area (Å²) in [5.41, 5.74) is 6.34. The highest BCUT2D eigenvalue weighted by Gasteiger charge is 2.15. The van der Waals surface area contributed by atoms with Crippen LogP contribution in [0.25, 0.3) is 0 Å². The van der Waals surface area contributed by atoms with Crippen LogP contribution in [0.5, 0.6) is 0 Å². The van der Waals surface area contributed by atoms with Crippen LogP contribution in [0.15, 0.2) is 17.8 Å². The van der Waals surface area contributed by atoms with Gasteiger partial charge < -0.3 is 11.1 Å². The average molecular weight is 229 g/mol. The summed E-state index contributed by atoms with van der Waals surface area (Å²) in [6.07, 6.45) is 1.45. The second kappa shape index (κ2) is 4.84. The monoisotopic (exact) mass is 228 g/mol. The molecule has 0 aliphatic heterocycles. The Bertz CT molecular complexity index is 385. The third kappa shape index (κ3) is 2.73. The van der Waals surface area contributed by atoms with E-state index in [1.165, 1.54) is 10.9 Å². The van der Waals surface area contributed by atoms with Crippen LogP contribution in [0.1, 0.15) is 17.4 Å². The summed E-state index contributed by atoms with van der Waals surface area (Å²) in [4.78, 5) is 11.7. The van der Waals surface area contributed by atoms with Crippen molar-refractivity contribution in [1.29, 1.82) is 0 Å². The normalized spacial score (nSPS) is 10.0. The number of aromatic nitrogens is 2. The molecule has 0 unspecified atom stereocenters. The van der Waals surface area contributed by atoms with Crippen molar-refractivity contribution in [3.63, 3.8) is 0 Å². The molecule has 0 saturated carbocycles. The predicted molar refractivity (Wildman–Crippen MR) is 59.6 cm³/mol. The molecule has 1 heterocycles. The lowest BCUT2D eigenvalue weighted by molar-refractivity contribution is 0.0948. The molecule has 0 aliphatic rings. The van der Waals surface area contributed by atoms with E-state index in [1.54, 1.807) is 0 Å². The lowest BCUT2D eigenvalue weighted by atomic mass is 10.3. The molecule has 82 valence electrons. The number of carbonyl (C=O) groups excluding carboxylic acids is 1. The summed E-state index contributed by atoms with van der Waals surface area (Å²) in [5, 5.41) is 6.91. The van der Waals surface area contributed by atoms with Gasteiger partial charge >= 0.3 is 0 Å². The first-order chi connectivity index (χ1) is 7.06. The molecular formula is C9H13ClN4O. The number of nitrogens with one attached hydrogen (secondary N) is 1. The number of amides is 1. The number of halogens is 1. The Balaban J connectivity index is 2.80. The number of rotatable bonds is 4. The minimum absolute atomic E-state index is 0.217. The molecule has 3 N–H and O–H groups in total. The van der Waals surface area contributed by atoms with Crippen LogP contribution in [0.3, 0.4) is 0 Å². The van der Waals surface area contributed by atoms with Crippen LogP contribution in [0.4, 0.5) is 5.69 Å². The first-order valence-electron chi connectivity index (χ1n) is 4.49. The van der Waals surface area contributed by atoms with Crippen LogP contribution in [0, 0.1) is 0 Å². The van der Waals surface area contributed by atoms with Gasteiger partial charge in [-0.25, -0.2) is 0 Å². The minimum atomic E-state index is -0.298. The van der Waals surface area contributed by atoms with Crippen molar-refractivity contribution < 1.29 is 4.79 Å². The molecule has 0 atom stereocenters. The molecule has 1 aromatic heterocycles. The summed E-state index contributed by atoms with van der Waals surface area (Å²) in [5.74, 6) is -0.298. The summed E-state index contributed by atoms with van der Waals surface area (Å²) in [6, 6.07) is 0. The Morgan fingerprint density at radius 3 is 3.00 bits per heavy atom. The number of aryl methyl sites for hydroxylation is 1. The molecule has 0 saturated heterocycles. The number of nitrogens with zero attached hydrogens (tertiary/aromatic N) is 2. The van der Waals surface area contributed by atoms with Crippen LogP contribution in [0.2, 0.25) is 0 Å². The molecular weight excluding hydrogens is 216 g/mol. The SMILES string of the molecule is C=C(Cl)CNC(=O)c1c(N)cnn1CC. The van der Waals surface area contributed by atoms with E-state index in [4.69, 9.17) is 17.3 Å². The fourth-order valence-electron chi connectivity index (χ4n) is 1.15. The lowest BCUT2D eigenvalue weighted by Gasteiger charge is -2.06. The van der Waals surface area contributed by atoms with Crippen LogP contribution < -0.4 is 11.1 Å². The smallest absolute Gasteiger partial charge is 0.271 e. The van der Waals surface area contributed by atoms with Gasteiger partial charge in [0, 0.05) is 11.6 Å². The lowest BCUT2D eigenvalue weighted by Crippen LogP contribution is -2.27. The summed E-state index contributed by atoms with van der Waals surface area (Å²) in [7, 11) is 0. The maximum Gasteiger partial charge on any atom is 0.271 e. The Morgan fingerprint density at radius 1 is 1.80 bits per heavy atom. The standard InChI is InChI=1S/C9H13ClN4O/c1-3-14-8(7(11)5-13-14)9(15)12-4-6(2)10/h5H,2-4,11H2,1H3,(H,12,15). The van der Waals surface area contributed by atoms with Gasteiger partial charge in [0.25, 0.3) is 5.91 Å². The van der Waals surface area contributed by atoms with E-state index in [1.807, 2.05) is 6.92 Å². The van der Waals surface area contributed by atoms with Gasteiger partial charge in [0.05, 0.1) is 18.4 Å². The largest absolute Gasteiger partial charge is 0.396 e. The van der Waals surface area contributed by atoms with Gasteiger partial charge in [-0.1, -0.05) is 18.2 Å². The van der Waals surface area contributed by atoms with Gasteiger partial charge in [-0.3, -0.25) is 9.48 Å². The highest BCUT2D eigenvalue weighted by Crippen LogP contribution is 2.10. The minimum Gasteiger partial charge on any atom is -0.396 e. The van der Waals surface area contributed by atoms with Gasteiger partial charge in [0.1, 0.15) is 5.69 Å². The molecule has 0 aromatic carbocycles. The Hall–Kier alpha value is -1.49. The van der Waals surface area contributed by atoms with Crippen LogP contribution in [-0.2, 0) is 6.54 Å². The second-order valence-corrected chi connectivity index (χ2v) is 3.50. The van der Waals surface area contributed by atoms with Gasteiger partial charge in [0.15, 0.2) is 0 Å². The molecule has 0 radical (unpaired) electrons. The zero-order valence-corrected chi connectivity index (χ0v) is 9.21. The number of carbonyl (C=O) groups is 1. The molecule has 1 aromatic rings. The fourth-order valence-corrected chi connectivity index (χ4v) is 1.21. The molecule has 0 spiro atoms. The van der Waals surface area contributed by atoms with Crippen molar-refractivity contribution in [1.82, 2.24) is 15.1 Å². The van der Waals surface area contributed by atoms with Crippen molar-refractivity contribution in [3.05, 3.63) is 23.5 Å². The number of nitrogen functional groups attached to an aromatic ring is 1. The highest BCUT2D eigenvalue weighted by atomic mass is 35.5. The highest BCUT2D eigenvalue weighted by molar-refractivity contribution is 6.29. The third-order valence-electron chi connectivity index (χ3n) is 1.82. The molecule has 0 fully saturated rings. The van der Waals surface area contributed by atoms with Crippen LogP contribution in [-0.4, -0.2) is 22.2 Å². The summed E-state index contributed by atoms with van der Waals surface area (Å²) >= 11 is 5.53. The third-order valence-corrected chi connectivity index (χ3v) is 1.96. The van der Waals surface area contributed by atoms with Gasteiger partial charge in [0.2, 0.25) is 0 Å². The Morgan fingerprint density at radius 2 is 2.47 bits per heavy atom. The van der Waals surface area contributed by atoms with Gasteiger partial charge in [-0.05, 0) is 6.92 Å². The van der Waals surface area contributed by atoms with E-state index in [0.717, 1.165) is 0 Å². The van der Waals surface area contributed by atoms with E-state index in [9.17, 15) is 4.79 Å². The van der Waals surface area contributed by atoms with Gasteiger partial charge in [-0.15, -0.1) is 0 Å². The molecule has 15 heavy (non-hydrogen) atoms. The van der Waals surface area contributed by atoms with E-state index < -0.39 is 0 Å². The number of hydrogen-bond donors (Lipinski definition) is 2. The zero-order valence-electron chi connectivity index (χ0n) is 8.46.